The van der Waals surface area contributed by atoms with Crippen LogP contribution in [0.2, 0.25) is 10.0 Å². The Bertz CT molecular complexity index is 1130. The molecule has 3 rings (SSSR count). The van der Waals surface area contributed by atoms with Gasteiger partial charge in [-0.25, -0.2) is 13.2 Å². The molecule has 0 aliphatic carbocycles. The van der Waals surface area contributed by atoms with E-state index >= 15 is 0 Å². The predicted octanol–water partition coefficient (Wildman–Crippen LogP) is 4.21. The van der Waals surface area contributed by atoms with Crippen molar-refractivity contribution in [3.05, 3.63) is 62.9 Å². The number of ether oxygens (including phenoxy) is 1. The van der Waals surface area contributed by atoms with Crippen LogP contribution in [0.1, 0.15) is 39.8 Å². The van der Waals surface area contributed by atoms with Crippen molar-refractivity contribution in [2.75, 3.05) is 18.1 Å². The number of Topliss-reactive ketones (excluding diaryl/α,β-unsaturated/α-hetero) is 1. The molecule has 1 fully saturated rings. The highest BCUT2D eigenvalue weighted by Crippen LogP contribution is 2.29. The Morgan fingerprint density at radius 2 is 1.93 bits per heavy atom. The largest absolute Gasteiger partial charge is 0.454 e. The Morgan fingerprint density at radius 3 is 2.57 bits per heavy atom. The standard InChI is InChI=1S/C21H21Cl2NO5S/c1-13-9-17(14(2)24(13)16-7-8-30(27,28)12-16)20(25)11-29-21(26)6-4-15-3-5-18(22)19(23)10-15/h3-6,9-10,16H,7-8,11-12H2,1-2H3/b6-4+. The fourth-order valence-corrected chi connectivity index (χ4v) is 5.65. The van der Waals surface area contributed by atoms with Gasteiger partial charge >= 0.3 is 5.97 Å². The second-order valence-electron chi connectivity index (χ2n) is 7.25. The van der Waals surface area contributed by atoms with E-state index in [9.17, 15) is 18.0 Å². The molecule has 1 aliphatic heterocycles. The number of ketones is 1. The van der Waals surface area contributed by atoms with Crippen LogP contribution in [0.5, 0.6) is 0 Å². The van der Waals surface area contributed by atoms with Gasteiger partial charge in [-0.05, 0) is 50.1 Å². The number of benzene rings is 1. The third-order valence-corrected chi connectivity index (χ3v) is 7.55. The molecule has 9 heteroatoms. The van der Waals surface area contributed by atoms with Gasteiger partial charge in [0.25, 0.3) is 0 Å². The van der Waals surface area contributed by atoms with E-state index in [1.807, 2.05) is 11.5 Å². The van der Waals surface area contributed by atoms with E-state index < -0.39 is 22.4 Å². The minimum Gasteiger partial charge on any atom is -0.454 e. The number of hydrogen-bond acceptors (Lipinski definition) is 5. The van der Waals surface area contributed by atoms with E-state index in [1.165, 1.54) is 12.2 Å². The van der Waals surface area contributed by atoms with Crippen LogP contribution >= 0.6 is 23.2 Å². The lowest BCUT2D eigenvalue weighted by Crippen LogP contribution is -2.16. The number of nitrogens with zero attached hydrogens (tertiary/aromatic N) is 1. The molecule has 0 spiro atoms. The fourth-order valence-electron chi connectivity index (χ4n) is 3.64. The molecule has 6 nitrogen and oxygen atoms in total. The highest BCUT2D eigenvalue weighted by atomic mass is 35.5. The summed E-state index contributed by atoms with van der Waals surface area (Å²) in [6, 6.07) is 6.46. The maximum Gasteiger partial charge on any atom is 0.331 e. The molecule has 0 amide bonds. The van der Waals surface area contributed by atoms with Gasteiger partial charge in [0.2, 0.25) is 5.78 Å². The van der Waals surface area contributed by atoms with Gasteiger partial charge in [-0.1, -0.05) is 29.3 Å². The summed E-state index contributed by atoms with van der Waals surface area (Å²) in [6.45, 7) is 3.20. The highest BCUT2D eigenvalue weighted by molar-refractivity contribution is 7.91. The first kappa shape index (κ1) is 22.6. The summed E-state index contributed by atoms with van der Waals surface area (Å²) >= 11 is 11.8. The van der Waals surface area contributed by atoms with E-state index in [2.05, 4.69) is 0 Å². The van der Waals surface area contributed by atoms with E-state index in [0.29, 0.717) is 33.3 Å². The van der Waals surface area contributed by atoms with Crippen molar-refractivity contribution in [2.24, 2.45) is 0 Å². The lowest BCUT2D eigenvalue weighted by atomic mass is 10.1. The van der Waals surface area contributed by atoms with Crippen LogP contribution in [0.4, 0.5) is 0 Å². The third kappa shape index (κ3) is 5.14. The van der Waals surface area contributed by atoms with Crippen molar-refractivity contribution >= 4 is 50.9 Å². The maximum atomic E-state index is 12.6. The number of hydrogen-bond donors (Lipinski definition) is 0. The van der Waals surface area contributed by atoms with Crippen molar-refractivity contribution in [1.29, 1.82) is 0 Å². The Balaban J connectivity index is 1.63. The Hall–Kier alpha value is -2.09. The van der Waals surface area contributed by atoms with Gasteiger partial charge in [0.1, 0.15) is 0 Å². The zero-order valence-corrected chi connectivity index (χ0v) is 18.9. The molecule has 1 atom stereocenters. The first-order chi connectivity index (χ1) is 14.1. The van der Waals surface area contributed by atoms with Crippen LogP contribution in [-0.2, 0) is 19.4 Å². The van der Waals surface area contributed by atoms with Gasteiger partial charge in [0.15, 0.2) is 16.4 Å². The van der Waals surface area contributed by atoms with Gasteiger partial charge in [-0.3, -0.25) is 4.79 Å². The van der Waals surface area contributed by atoms with Crippen LogP contribution in [-0.4, -0.2) is 42.9 Å². The lowest BCUT2D eigenvalue weighted by molar-refractivity contribution is -0.136. The molecule has 1 aliphatic rings. The van der Waals surface area contributed by atoms with Crippen LogP contribution in [0.3, 0.4) is 0 Å². The first-order valence-electron chi connectivity index (χ1n) is 9.29. The Morgan fingerprint density at radius 1 is 1.20 bits per heavy atom. The maximum absolute atomic E-state index is 12.6. The average Bonchev–Trinajstić information content (AvgIpc) is 3.18. The van der Waals surface area contributed by atoms with E-state index in [-0.39, 0.29) is 23.3 Å². The van der Waals surface area contributed by atoms with Crippen molar-refractivity contribution in [1.82, 2.24) is 4.57 Å². The summed E-state index contributed by atoms with van der Waals surface area (Å²) < 4.78 is 30.5. The molecule has 0 radical (unpaired) electrons. The summed E-state index contributed by atoms with van der Waals surface area (Å²) in [5, 5.41) is 0.780. The van der Waals surface area contributed by atoms with Crippen molar-refractivity contribution < 1.29 is 22.7 Å². The van der Waals surface area contributed by atoms with Crippen LogP contribution in [0.15, 0.2) is 30.3 Å². The van der Waals surface area contributed by atoms with Gasteiger partial charge in [-0.2, -0.15) is 0 Å². The molecule has 0 bridgehead atoms. The SMILES string of the molecule is Cc1cc(C(=O)COC(=O)/C=C/c2ccc(Cl)c(Cl)c2)c(C)n1C1CCS(=O)(=O)C1. The number of esters is 1. The van der Waals surface area contributed by atoms with E-state index in [1.54, 1.807) is 31.2 Å². The smallest absolute Gasteiger partial charge is 0.331 e. The van der Waals surface area contributed by atoms with Gasteiger partial charge in [-0.15, -0.1) is 0 Å². The molecule has 30 heavy (non-hydrogen) atoms. The Labute approximate surface area is 185 Å². The van der Waals surface area contributed by atoms with E-state index in [4.69, 9.17) is 27.9 Å². The quantitative estimate of drug-likeness (QED) is 0.359. The van der Waals surface area contributed by atoms with Crippen molar-refractivity contribution in [3.63, 3.8) is 0 Å². The molecule has 1 saturated heterocycles. The summed E-state index contributed by atoms with van der Waals surface area (Å²) in [7, 11) is -3.04. The molecule has 1 aromatic carbocycles. The van der Waals surface area contributed by atoms with Crippen molar-refractivity contribution in [2.45, 2.75) is 26.3 Å². The molecule has 160 valence electrons. The topological polar surface area (TPSA) is 82.4 Å². The number of rotatable bonds is 6. The van der Waals surface area contributed by atoms with Gasteiger partial charge < -0.3 is 9.30 Å². The van der Waals surface area contributed by atoms with Crippen LogP contribution in [0.25, 0.3) is 6.08 Å². The first-order valence-corrected chi connectivity index (χ1v) is 11.9. The second kappa shape index (κ2) is 8.96. The van der Waals surface area contributed by atoms with E-state index in [0.717, 1.165) is 5.69 Å². The summed E-state index contributed by atoms with van der Waals surface area (Å²) in [5.74, 6) is -0.775. The number of carbonyl (C=O) groups is 2. The minimum absolute atomic E-state index is 0.0749. The number of aromatic nitrogens is 1. The molecular weight excluding hydrogens is 449 g/mol. The molecule has 0 saturated carbocycles. The zero-order valence-electron chi connectivity index (χ0n) is 16.5. The monoisotopic (exact) mass is 469 g/mol. The van der Waals surface area contributed by atoms with Gasteiger partial charge in [0.05, 0.1) is 21.6 Å². The molecule has 1 unspecified atom stereocenters. The number of aryl methyl sites for hydroxylation is 1. The molecule has 2 heterocycles. The normalized spacial score (nSPS) is 18.1. The second-order valence-corrected chi connectivity index (χ2v) is 10.3. The molecular formula is C21H21Cl2NO5S. The van der Waals surface area contributed by atoms with Gasteiger partial charge in [0, 0.05) is 29.1 Å². The average molecular weight is 470 g/mol. The van der Waals surface area contributed by atoms with Crippen LogP contribution in [0, 0.1) is 13.8 Å². The minimum atomic E-state index is -3.04. The summed E-state index contributed by atoms with van der Waals surface area (Å²) in [6.07, 6.45) is 3.25. The number of sulfone groups is 1. The number of carbonyl (C=O) groups excluding carboxylic acids is 2. The molecule has 1 aromatic heterocycles. The van der Waals surface area contributed by atoms with Crippen LogP contribution < -0.4 is 0 Å². The molecule has 2 aromatic rings. The fraction of sp³-hybridized carbons (Fsp3) is 0.333. The third-order valence-electron chi connectivity index (χ3n) is 5.06. The number of halogens is 2. The lowest BCUT2D eigenvalue weighted by Gasteiger charge is -2.16. The Kier molecular flexibility index (Phi) is 6.75. The summed E-state index contributed by atoms with van der Waals surface area (Å²) in [5.41, 5.74) is 2.59. The highest BCUT2D eigenvalue weighted by Gasteiger charge is 2.31. The predicted molar refractivity (Wildman–Crippen MR) is 117 cm³/mol. The molecule has 0 N–H and O–H groups in total. The zero-order chi connectivity index (χ0) is 22.1. The van der Waals surface area contributed by atoms with Crippen molar-refractivity contribution in [3.8, 4) is 0 Å². The summed E-state index contributed by atoms with van der Waals surface area (Å²) in [4.78, 5) is 24.5.